The SMILES string of the molecule is CCCCC[C@H]1CO[C@H]([C@H]2CC[C@H](Cl)CC2)OC1. The molecular weight excluding hydrogens is 248 g/mol. The normalized spacial score (nSPS) is 37.7. The zero-order valence-corrected chi connectivity index (χ0v) is 12.3. The standard InChI is InChI=1S/C15H27ClO2/c1-2-3-4-5-12-10-17-15(18-11-12)13-6-8-14(16)9-7-13/h12-15H,2-11H2,1H3/t12-,13-,14-,15-. The first-order valence-corrected chi connectivity index (χ1v) is 8.10. The van der Waals surface area contributed by atoms with E-state index >= 15 is 0 Å². The fraction of sp³-hybridized carbons (Fsp3) is 1.00. The lowest BCUT2D eigenvalue weighted by molar-refractivity contribution is -0.228. The van der Waals surface area contributed by atoms with Gasteiger partial charge < -0.3 is 9.47 Å². The van der Waals surface area contributed by atoms with E-state index < -0.39 is 0 Å². The zero-order valence-electron chi connectivity index (χ0n) is 11.6. The van der Waals surface area contributed by atoms with E-state index in [9.17, 15) is 0 Å². The lowest BCUT2D eigenvalue weighted by Crippen LogP contribution is -2.38. The first-order valence-electron chi connectivity index (χ1n) is 7.67. The fourth-order valence-electron chi connectivity index (χ4n) is 3.03. The molecule has 0 amide bonds. The van der Waals surface area contributed by atoms with Gasteiger partial charge in [0.25, 0.3) is 0 Å². The number of hydrogen-bond acceptors (Lipinski definition) is 2. The zero-order chi connectivity index (χ0) is 12.8. The Morgan fingerprint density at radius 2 is 1.67 bits per heavy atom. The second kappa shape index (κ2) is 7.72. The van der Waals surface area contributed by atoms with E-state index in [0.29, 0.717) is 17.2 Å². The summed E-state index contributed by atoms with van der Waals surface area (Å²) in [6.07, 6.45) is 9.82. The van der Waals surface area contributed by atoms with Crippen molar-refractivity contribution in [2.45, 2.75) is 70.0 Å². The van der Waals surface area contributed by atoms with E-state index in [0.717, 1.165) is 26.1 Å². The molecular formula is C15H27ClO2. The third-order valence-electron chi connectivity index (χ3n) is 4.29. The second-order valence-electron chi connectivity index (χ2n) is 5.91. The van der Waals surface area contributed by atoms with Gasteiger partial charge in [0, 0.05) is 17.2 Å². The van der Waals surface area contributed by atoms with Crippen LogP contribution in [0.25, 0.3) is 0 Å². The highest BCUT2D eigenvalue weighted by Crippen LogP contribution is 2.33. The van der Waals surface area contributed by atoms with Crippen LogP contribution in [0.4, 0.5) is 0 Å². The Bertz CT molecular complexity index is 219. The minimum atomic E-state index is 0.0524. The Hall–Kier alpha value is 0.210. The molecule has 2 fully saturated rings. The molecule has 2 aliphatic rings. The number of hydrogen-bond donors (Lipinski definition) is 0. The maximum absolute atomic E-state index is 6.13. The predicted octanol–water partition coefficient (Wildman–Crippen LogP) is 4.35. The summed E-state index contributed by atoms with van der Waals surface area (Å²) in [5.41, 5.74) is 0. The summed E-state index contributed by atoms with van der Waals surface area (Å²) >= 11 is 6.13. The van der Waals surface area contributed by atoms with Crippen LogP contribution in [-0.2, 0) is 9.47 Å². The Kier molecular flexibility index (Phi) is 6.26. The molecule has 18 heavy (non-hydrogen) atoms. The molecule has 0 atom stereocenters. The molecule has 0 N–H and O–H groups in total. The van der Waals surface area contributed by atoms with E-state index in [-0.39, 0.29) is 6.29 Å². The largest absolute Gasteiger partial charge is 0.352 e. The lowest BCUT2D eigenvalue weighted by atomic mass is 9.88. The van der Waals surface area contributed by atoms with Crippen LogP contribution in [0.1, 0.15) is 58.3 Å². The van der Waals surface area contributed by atoms with Crippen LogP contribution in [0.15, 0.2) is 0 Å². The highest BCUT2D eigenvalue weighted by Gasteiger charge is 2.31. The van der Waals surface area contributed by atoms with E-state index in [1.54, 1.807) is 0 Å². The smallest absolute Gasteiger partial charge is 0.160 e. The van der Waals surface area contributed by atoms with Gasteiger partial charge in [0.2, 0.25) is 0 Å². The molecule has 1 saturated carbocycles. The molecule has 0 spiro atoms. The molecule has 2 nitrogen and oxygen atoms in total. The van der Waals surface area contributed by atoms with Crippen molar-refractivity contribution in [1.29, 1.82) is 0 Å². The molecule has 106 valence electrons. The summed E-state index contributed by atoms with van der Waals surface area (Å²) in [7, 11) is 0. The lowest BCUT2D eigenvalue weighted by Gasteiger charge is -2.36. The summed E-state index contributed by atoms with van der Waals surface area (Å²) in [5.74, 6) is 1.20. The maximum atomic E-state index is 6.13. The summed E-state index contributed by atoms with van der Waals surface area (Å²) < 4.78 is 11.9. The molecule has 1 aliphatic carbocycles. The van der Waals surface area contributed by atoms with E-state index in [2.05, 4.69) is 6.92 Å². The van der Waals surface area contributed by atoms with Crippen molar-refractivity contribution in [1.82, 2.24) is 0 Å². The molecule has 2 rings (SSSR count). The third-order valence-corrected chi connectivity index (χ3v) is 4.73. The molecule has 0 bridgehead atoms. The van der Waals surface area contributed by atoms with Gasteiger partial charge in [-0.05, 0) is 32.1 Å². The highest BCUT2D eigenvalue weighted by molar-refractivity contribution is 6.20. The molecule has 1 saturated heterocycles. The van der Waals surface area contributed by atoms with Crippen LogP contribution in [0.3, 0.4) is 0 Å². The summed E-state index contributed by atoms with van der Waals surface area (Å²) in [4.78, 5) is 0. The van der Waals surface area contributed by atoms with Gasteiger partial charge >= 0.3 is 0 Å². The van der Waals surface area contributed by atoms with Crippen molar-refractivity contribution in [3.05, 3.63) is 0 Å². The van der Waals surface area contributed by atoms with Gasteiger partial charge in [-0.15, -0.1) is 11.6 Å². The minimum Gasteiger partial charge on any atom is -0.352 e. The number of alkyl halides is 1. The molecule has 0 aromatic carbocycles. The Morgan fingerprint density at radius 1 is 1.00 bits per heavy atom. The average Bonchev–Trinajstić information content (AvgIpc) is 2.41. The molecule has 0 aromatic heterocycles. The van der Waals surface area contributed by atoms with Crippen molar-refractivity contribution >= 4 is 11.6 Å². The topological polar surface area (TPSA) is 18.5 Å². The van der Waals surface area contributed by atoms with Crippen LogP contribution < -0.4 is 0 Å². The highest BCUT2D eigenvalue weighted by atomic mass is 35.5. The minimum absolute atomic E-state index is 0.0524. The molecule has 3 heteroatoms. The molecule has 1 heterocycles. The predicted molar refractivity (Wildman–Crippen MR) is 74.9 cm³/mol. The van der Waals surface area contributed by atoms with Gasteiger partial charge in [-0.25, -0.2) is 0 Å². The van der Waals surface area contributed by atoms with Crippen LogP contribution in [0, 0.1) is 11.8 Å². The van der Waals surface area contributed by atoms with Crippen LogP contribution in [0.5, 0.6) is 0 Å². The van der Waals surface area contributed by atoms with E-state index in [1.807, 2.05) is 0 Å². The van der Waals surface area contributed by atoms with E-state index in [1.165, 1.54) is 38.5 Å². The fourth-order valence-corrected chi connectivity index (χ4v) is 3.28. The molecule has 1 aliphatic heterocycles. The van der Waals surface area contributed by atoms with Gasteiger partial charge in [-0.2, -0.15) is 0 Å². The van der Waals surface area contributed by atoms with Gasteiger partial charge in [0.05, 0.1) is 13.2 Å². The van der Waals surface area contributed by atoms with Crippen LogP contribution >= 0.6 is 11.6 Å². The molecule has 0 unspecified atom stereocenters. The van der Waals surface area contributed by atoms with Crippen molar-refractivity contribution in [2.75, 3.05) is 13.2 Å². The van der Waals surface area contributed by atoms with Gasteiger partial charge in [0.1, 0.15) is 0 Å². The Labute approximate surface area is 116 Å². The summed E-state index contributed by atoms with van der Waals surface area (Å²) in [5, 5.41) is 0.381. The number of rotatable bonds is 5. The van der Waals surface area contributed by atoms with Crippen molar-refractivity contribution in [3.63, 3.8) is 0 Å². The van der Waals surface area contributed by atoms with Crippen molar-refractivity contribution in [3.8, 4) is 0 Å². The van der Waals surface area contributed by atoms with Gasteiger partial charge in [-0.1, -0.05) is 26.2 Å². The second-order valence-corrected chi connectivity index (χ2v) is 6.53. The summed E-state index contributed by atoms with van der Waals surface area (Å²) in [6, 6.07) is 0. The third kappa shape index (κ3) is 4.40. The molecule has 0 aromatic rings. The summed E-state index contributed by atoms with van der Waals surface area (Å²) in [6.45, 7) is 4.04. The average molecular weight is 275 g/mol. The number of halogens is 1. The number of ether oxygens (including phenoxy) is 2. The first kappa shape index (κ1) is 14.6. The number of unbranched alkanes of at least 4 members (excludes halogenated alkanes) is 2. The van der Waals surface area contributed by atoms with Crippen LogP contribution in [-0.4, -0.2) is 24.9 Å². The van der Waals surface area contributed by atoms with E-state index in [4.69, 9.17) is 21.1 Å². The quantitative estimate of drug-likeness (QED) is 0.548. The van der Waals surface area contributed by atoms with Crippen LogP contribution in [0.2, 0.25) is 0 Å². The van der Waals surface area contributed by atoms with Gasteiger partial charge in [-0.3, -0.25) is 0 Å². The van der Waals surface area contributed by atoms with Crippen molar-refractivity contribution in [2.24, 2.45) is 11.8 Å². The maximum Gasteiger partial charge on any atom is 0.160 e. The molecule has 0 radical (unpaired) electrons. The Morgan fingerprint density at radius 3 is 2.28 bits per heavy atom. The van der Waals surface area contributed by atoms with Crippen molar-refractivity contribution < 1.29 is 9.47 Å². The Balaban J connectivity index is 1.63. The first-order chi connectivity index (χ1) is 8.79. The van der Waals surface area contributed by atoms with Gasteiger partial charge in [0.15, 0.2) is 6.29 Å². The monoisotopic (exact) mass is 274 g/mol.